The van der Waals surface area contributed by atoms with Crippen LogP contribution in [0.1, 0.15) is 17.5 Å². The third kappa shape index (κ3) is 3.59. The van der Waals surface area contributed by atoms with E-state index in [9.17, 15) is 39.6 Å². The van der Waals surface area contributed by atoms with Crippen LogP contribution >= 0.6 is 0 Å². The van der Waals surface area contributed by atoms with Crippen LogP contribution in [0.15, 0.2) is 35.6 Å². The van der Waals surface area contributed by atoms with E-state index in [-0.39, 0.29) is 29.7 Å². The van der Waals surface area contributed by atoms with Crippen LogP contribution in [0.2, 0.25) is 0 Å². The topological polar surface area (TPSA) is 194 Å². The molecule has 4 atom stereocenters. The number of nitrogens with zero attached hydrogens (tertiary/aromatic N) is 2. The van der Waals surface area contributed by atoms with Gasteiger partial charge in [0.25, 0.3) is 5.91 Å². The molecule has 12 heteroatoms. The van der Waals surface area contributed by atoms with Crippen molar-refractivity contribution in [2.45, 2.75) is 24.5 Å². The van der Waals surface area contributed by atoms with Gasteiger partial charge in [0.2, 0.25) is 11.7 Å². The van der Waals surface area contributed by atoms with Crippen LogP contribution in [0.4, 0.5) is 11.4 Å². The molecule has 0 aliphatic heterocycles. The van der Waals surface area contributed by atoms with E-state index in [1.165, 1.54) is 25.1 Å². The summed E-state index contributed by atoms with van der Waals surface area (Å²) in [5.74, 6) is -8.01. The monoisotopic (exact) mass is 526 g/mol. The maximum atomic E-state index is 13.9. The summed E-state index contributed by atoms with van der Waals surface area (Å²) < 4.78 is 0. The summed E-state index contributed by atoms with van der Waals surface area (Å²) in [7, 11) is 6.52. The number of hydrogen-bond acceptors (Lipinski definition) is 10. The quantitative estimate of drug-likeness (QED) is 0.175. The molecule has 0 saturated heterocycles. The minimum Gasteiger partial charge on any atom is -0.508 e. The molecule has 202 valence electrons. The Hall–Kier alpha value is -4.16. The summed E-state index contributed by atoms with van der Waals surface area (Å²) >= 11 is 0. The fraction of sp³-hybridized carbons (Fsp3) is 0.385. The van der Waals surface area contributed by atoms with E-state index in [1.54, 1.807) is 19.0 Å². The molecule has 4 rings (SSSR count). The highest BCUT2D eigenvalue weighted by molar-refractivity contribution is 6.24. The maximum Gasteiger partial charge on any atom is 0.255 e. The van der Waals surface area contributed by atoms with Gasteiger partial charge in [-0.2, -0.15) is 0 Å². The highest BCUT2D eigenvalue weighted by atomic mass is 16.3. The van der Waals surface area contributed by atoms with Gasteiger partial charge in [0.1, 0.15) is 22.8 Å². The van der Waals surface area contributed by atoms with Gasteiger partial charge in [-0.25, -0.2) is 0 Å². The first-order chi connectivity index (χ1) is 17.7. The summed E-state index contributed by atoms with van der Waals surface area (Å²) in [4.78, 5) is 54.3. The molecule has 1 aromatic carbocycles. The molecule has 12 nitrogen and oxygen atoms in total. The number of aromatic hydroxyl groups is 1. The number of carbonyl (C=O) groups excluding carboxylic acids is 4. The van der Waals surface area contributed by atoms with Crippen molar-refractivity contribution in [2.24, 2.45) is 17.6 Å². The van der Waals surface area contributed by atoms with Crippen molar-refractivity contribution in [3.8, 4) is 5.75 Å². The zero-order valence-electron chi connectivity index (χ0n) is 21.4. The second-order valence-corrected chi connectivity index (χ2v) is 10.2. The van der Waals surface area contributed by atoms with Crippen LogP contribution in [0.25, 0.3) is 5.76 Å². The molecular weight excluding hydrogens is 496 g/mol. The van der Waals surface area contributed by atoms with Crippen molar-refractivity contribution >= 4 is 40.5 Å². The standard InChI is InChI=1S/C26H30N4O8/c1-6-15(31)28-13-9-14(29(2)3)11-7-10-8-12-19(30(4)5)22(34)18(25(27)37)24(36)26(12,38)23(35)16(10)21(33)17(11)20(13)32/h6,9-10,12,19,32-33,36,38H,1,7-8H2,2-5H3,(H2,27,37)(H,28,31)/t10?,12?,19-,26?/m0/s1. The fourth-order valence-electron chi connectivity index (χ4n) is 5.97. The lowest BCUT2D eigenvalue weighted by atomic mass is 9.57. The molecule has 38 heavy (non-hydrogen) atoms. The van der Waals surface area contributed by atoms with Crippen molar-refractivity contribution in [1.82, 2.24) is 4.90 Å². The lowest BCUT2D eigenvalue weighted by Crippen LogP contribution is -2.65. The number of likely N-dealkylation sites (N-methyl/N-ethyl adjacent to an activating group) is 1. The molecule has 0 heterocycles. The summed E-state index contributed by atoms with van der Waals surface area (Å²) in [6.07, 6.45) is 1.11. The largest absolute Gasteiger partial charge is 0.508 e. The Bertz CT molecular complexity index is 1380. The Labute approximate surface area is 218 Å². The van der Waals surface area contributed by atoms with Gasteiger partial charge in [-0.05, 0) is 50.6 Å². The van der Waals surface area contributed by atoms with E-state index in [1.807, 2.05) is 0 Å². The third-order valence-corrected chi connectivity index (χ3v) is 7.62. The van der Waals surface area contributed by atoms with E-state index in [0.717, 1.165) is 6.08 Å². The van der Waals surface area contributed by atoms with Crippen molar-refractivity contribution in [2.75, 3.05) is 38.4 Å². The number of Topliss-reactive ketones (excluding diaryl/α,β-unsaturated/α-hetero) is 2. The number of fused-ring (bicyclic) bond motifs is 3. The minimum atomic E-state index is -2.72. The van der Waals surface area contributed by atoms with Gasteiger partial charge < -0.3 is 36.4 Å². The van der Waals surface area contributed by atoms with E-state index >= 15 is 0 Å². The van der Waals surface area contributed by atoms with Crippen LogP contribution in [0, 0.1) is 11.8 Å². The van der Waals surface area contributed by atoms with Gasteiger partial charge in [0.05, 0.1) is 17.3 Å². The predicted octanol–water partition coefficient (Wildman–Crippen LogP) is 0.155. The number of nitrogens with two attached hydrogens (primary N) is 1. The molecule has 3 aliphatic rings. The van der Waals surface area contributed by atoms with E-state index < -0.39 is 69.7 Å². The fourth-order valence-corrected chi connectivity index (χ4v) is 5.97. The second-order valence-electron chi connectivity index (χ2n) is 10.2. The first kappa shape index (κ1) is 26.9. The van der Waals surface area contributed by atoms with E-state index in [2.05, 4.69) is 11.9 Å². The predicted molar refractivity (Wildman–Crippen MR) is 137 cm³/mol. The van der Waals surface area contributed by atoms with E-state index in [0.29, 0.717) is 11.3 Å². The van der Waals surface area contributed by atoms with Crippen molar-refractivity contribution < 1.29 is 39.6 Å². The number of phenolic OH excluding ortho intramolecular Hbond substituents is 1. The van der Waals surface area contributed by atoms with Crippen molar-refractivity contribution in [1.29, 1.82) is 0 Å². The highest BCUT2D eigenvalue weighted by Crippen LogP contribution is 2.54. The average molecular weight is 527 g/mol. The molecule has 0 radical (unpaired) electrons. The molecule has 1 saturated carbocycles. The number of nitrogens with one attached hydrogen (secondary N) is 1. The van der Waals surface area contributed by atoms with Gasteiger partial charge in [0.15, 0.2) is 11.4 Å². The number of phenols is 1. The zero-order valence-corrected chi connectivity index (χ0v) is 21.4. The SMILES string of the molecule is C=CC(=O)Nc1cc(N(C)C)c2c(c1O)C(O)=C1C(=O)C3(O)C(O)=C(C(N)=O)C(=O)[C@@H](N(C)C)C3CC1C2. The normalized spacial score (nSPS) is 26.5. The summed E-state index contributed by atoms with van der Waals surface area (Å²) in [6, 6.07) is 0.362. The van der Waals surface area contributed by atoms with Crippen molar-refractivity contribution in [3.63, 3.8) is 0 Å². The van der Waals surface area contributed by atoms with Crippen LogP contribution in [-0.4, -0.2) is 88.5 Å². The number of anilines is 2. The van der Waals surface area contributed by atoms with Gasteiger partial charge in [0, 0.05) is 31.3 Å². The summed E-state index contributed by atoms with van der Waals surface area (Å²) in [6.45, 7) is 3.38. The zero-order chi connectivity index (χ0) is 28.4. The average Bonchev–Trinajstić information content (AvgIpc) is 2.82. The minimum absolute atomic E-state index is 0.0195. The number of hydrogen-bond donors (Lipinski definition) is 6. The number of aliphatic hydroxyl groups excluding tert-OH is 2. The first-order valence-electron chi connectivity index (χ1n) is 11.8. The highest BCUT2D eigenvalue weighted by Gasteiger charge is 2.64. The lowest BCUT2D eigenvalue weighted by Gasteiger charge is -2.50. The molecule has 0 bridgehead atoms. The number of carbonyl (C=O) groups is 4. The Kier molecular flexibility index (Phi) is 6.36. The second kappa shape index (κ2) is 8.99. The number of ketones is 2. The molecule has 0 spiro atoms. The Morgan fingerprint density at radius 2 is 1.82 bits per heavy atom. The molecule has 2 amide bonds. The smallest absolute Gasteiger partial charge is 0.255 e. The molecule has 3 aliphatic carbocycles. The van der Waals surface area contributed by atoms with E-state index in [4.69, 9.17) is 5.73 Å². The van der Waals surface area contributed by atoms with Crippen molar-refractivity contribution in [3.05, 3.63) is 46.8 Å². The number of rotatable bonds is 5. The first-order valence-corrected chi connectivity index (χ1v) is 11.8. The Morgan fingerprint density at radius 1 is 1.18 bits per heavy atom. The number of aliphatic hydroxyl groups is 3. The molecule has 3 unspecified atom stereocenters. The number of benzene rings is 1. The Balaban J connectivity index is 2.00. The van der Waals surface area contributed by atoms with Crippen LogP contribution in [-0.2, 0) is 25.6 Å². The summed E-state index contributed by atoms with van der Waals surface area (Å²) in [5, 5.41) is 47.5. The number of primary amides is 1. The third-order valence-electron chi connectivity index (χ3n) is 7.62. The number of amides is 2. The molecule has 1 fully saturated rings. The maximum absolute atomic E-state index is 13.9. The molecule has 7 N–H and O–H groups in total. The molecule has 0 aromatic heterocycles. The molecule has 1 aromatic rings. The van der Waals surface area contributed by atoms with Crippen LogP contribution in [0.3, 0.4) is 0 Å². The van der Waals surface area contributed by atoms with Gasteiger partial charge >= 0.3 is 0 Å². The lowest BCUT2D eigenvalue weighted by molar-refractivity contribution is -0.153. The van der Waals surface area contributed by atoms with Gasteiger partial charge in [-0.1, -0.05) is 6.58 Å². The Morgan fingerprint density at radius 3 is 2.34 bits per heavy atom. The van der Waals surface area contributed by atoms with Gasteiger partial charge in [-0.3, -0.25) is 24.1 Å². The van der Waals surface area contributed by atoms with Crippen LogP contribution < -0.4 is 16.0 Å². The molecular formula is C26H30N4O8. The van der Waals surface area contributed by atoms with Crippen LogP contribution in [0.5, 0.6) is 5.75 Å². The summed E-state index contributed by atoms with van der Waals surface area (Å²) in [5.41, 5.74) is 2.32. The van der Waals surface area contributed by atoms with Gasteiger partial charge in [-0.15, -0.1) is 0 Å².